The Morgan fingerprint density at radius 3 is 2.29 bits per heavy atom. The molecule has 0 aromatic heterocycles. The molecule has 2 nitrogen and oxygen atoms in total. The molecule has 10 heteroatoms. The van der Waals surface area contributed by atoms with Gasteiger partial charge in [-0.25, -0.2) is 0 Å². The standard InChI is InChI=1S/C11H7BrF6O2S/c12-5-7(19)3-6-1-2-9(21-11(16,17)18)8(4-6)20-10(13,14)15/h1-2,4H,3,5H2. The van der Waals surface area contributed by atoms with E-state index in [-0.39, 0.29) is 23.1 Å². The summed E-state index contributed by atoms with van der Waals surface area (Å²) in [5.41, 5.74) is -4.62. The third-order valence-electron chi connectivity index (χ3n) is 2.01. The van der Waals surface area contributed by atoms with Gasteiger partial charge in [0.15, 0.2) is 0 Å². The number of thioether (sulfide) groups is 1. The number of carbonyl (C=O) groups is 1. The van der Waals surface area contributed by atoms with Crippen LogP contribution in [0.5, 0.6) is 5.75 Å². The Kier molecular flexibility index (Phi) is 5.97. The van der Waals surface area contributed by atoms with Crippen molar-refractivity contribution in [2.75, 3.05) is 5.33 Å². The van der Waals surface area contributed by atoms with E-state index in [1.807, 2.05) is 0 Å². The van der Waals surface area contributed by atoms with Crippen molar-refractivity contribution < 1.29 is 35.9 Å². The van der Waals surface area contributed by atoms with E-state index in [1.165, 1.54) is 0 Å². The number of ketones is 1. The molecule has 1 rings (SSSR count). The maximum Gasteiger partial charge on any atom is 0.573 e. The molecule has 0 aliphatic rings. The van der Waals surface area contributed by atoms with Gasteiger partial charge in [0.05, 0.1) is 10.2 Å². The molecule has 0 aliphatic heterocycles. The van der Waals surface area contributed by atoms with Crippen LogP contribution in [0.1, 0.15) is 5.56 Å². The summed E-state index contributed by atoms with van der Waals surface area (Å²) in [5, 5.41) is -0.0124. The highest BCUT2D eigenvalue weighted by atomic mass is 79.9. The van der Waals surface area contributed by atoms with E-state index < -0.39 is 34.3 Å². The van der Waals surface area contributed by atoms with Crippen LogP contribution in [0.3, 0.4) is 0 Å². The molecule has 1 aromatic carbocycles. The average molecular weight is 397 g/mol. The lowest BCUT2D eigenvalue weighted by atomic mass is 10.1. The molecule has 0 aliphatic carbocycles. The topological polar surface area (TPSA) is 26.3 Å². The minimum atomic E-state index is -5.13. The van der Waals surface area contributed by atoms with Gasteiger partial charge in [0.2, 0.25) is 0 Å². The Balaban J connectivity index is 3.10. The fraction of sp³-hybridized carbons (Fsp3) is 0.364. The van der Waals surface area contributed by atoms with Crippen molar-refractivity contribution in [3.8, 4) is 5.75 Å². The van der Waals surface area contributed by atoms with Gasteiger partial charge in [0.25, 0.3) is 0 Å². The van der Waals surface area contributed by atoms with E-state index in [9.17, 15) is 31.1 Å². The molecule has 0 bridgehead atoms. The Hall–Kier alpha value is -0.900. The van der Waals surface area contributed by atoms with Gasteiger partial charge >= 0.3 is 11.9 Å². The quantitative estimate of drug-likeness (QED) is 0.409. The molecule has 0 radical (unpaired) electrons. The molecule has 0 spiro atoms. The average Bonchev–Trinajstić information content (AvgIpc) is 2.28. The van der Waals surface area contributed by atoms with Crippen LogP contribution in [-0.4, -0.2) is 23.0 Å². The molecule has 118 valence electrons. The Morgan fingerprint density at radius 1 is 1.19 bits per heavy atom. The molecule has 0 atom stereocenters. The first kappa shape index (κ1) is 18.1. The van der Waals surface area contributed by atoms with Gasteiger partial charge in [0.1, 0.15) is 11.5 Å². The lowest BCUT2D eigenvalue weighted by Crippen LogP contribution is -2.18. The van der Waals surface area contributed by atoms with Crippen molar-refractivity contribution >= 4 is 33.5 Å². The van der Waals surface area contributed by atoms with Crippen LogP contribution in [-0.2, 0) is 11.2 Å². The minimum Gasteiger partial charge on any atom is -0.405 e. The first-order chi connectivity index (χ1) is 9.50. The monoisotopic (exact) mass is 396 g/mol. The van der Waals surface area contributed by atoms with Gasteiger partial charge in [-0.1, -0.05) is 22.0 Å². The van der Waals surface area contributed by atoms with Gasteiger partial charge < -0.3 is 4.74 Å². The summed E-state index contributed by atoms with van der Waals surface area (Å²) in [5.74, 6) is -1.31. The highest BCUT2D eigenvalue weighted by molar-refractivity contribution is 9.09. The summed E-state index contributed by atoms with van der Waals surface area (Å²) < 4.78 is 77.1. The van der Waals surface area contributed by atoms with Crippen molar-refractivity contribution in [2.24, 2.45) is 0 Å². The lowest BCUT2D eigenvalue weighted by molar-refractivity contribution is -0.275. The van der Waals surface area contributed by atoms with Crippen molar-refractivity contribution in [3.63, 3.8) is 0 Å². The number of hydrogen-bond donors (Lipinski definition) is 0. The second kappa shape index (κ2) is 6.91. The number of ether oxygens (including phenoxy) is 1. The largest absolute Gasteiger partial charge is 0.573 e. The van der Waals surface area contributed by atoms with Gasteiger partial charge in [-0.3, -0.25) is 4.79 Å². The molecule has 0 saturated carbocycles. The summed E-state index contributed by atoms with van der Waals surface area (Å²) in [4.78, 5) is 10.5. The number of alkyl halides is 7. The third-order valence-corrected chi connectivity index (χ3v) is 3.42. The summed E-state index contributed by atoms with van der Waals surface area (Å²) in [7, 11) is 0. The minimum absolute atomic E-state index is 0.0124. The smallest absolute Gasteiger partial charge is 0.405 e. The van der Waals surface area contributed by atoms with Crippen LogP contribution >= 0.6 is 27.7 Å². The summed E-state index contributed by atoms with van der Waals surface area (Å²) in [6.07, 6.45) is -5.34. The van der Waals surface area contributed by atoms with Crippen molar-refractivity contribution in [1.82, 2.24) is 0 Å². The van der Waals surface area contributed by atoms with Gasteiger partial charge in [-0.05, 0) is 29.5 Å². The van der Waals surface area contributed by atoms with Crippen LogP contribution in [0.2, 0.25) is 0 Å². The zero-order valence-electron chi connectivity index (χ0n) is 10.0. The number of rotatable bonds is 5. The zero-order chi connectivity index (χ0) is 16.3. The molecular weight excluding hydrogens is 390 g/mol. The Morgan fingerprint density at radius 2 is 1.81 bits per heavy atom. The van der Waals surface area contributed by atoms with E-state index in [0.717, 1.165) is 18.2 Å². The van der Waals surface area contributed by atoms with Crippen molar-refractivity contribution in [3.05, 3.63) is 23.8 Å². The SMILES string of the molecule is O=C(CBr)Cc1ccc(SC(F)(F)F)c(OC(F)(F)F)c1. The van der Waals surface area contributed by atoms with E-state index in [2.05, 4.69) is 20.7 Å². The van der Waals surface area contributed by atoms with Crippen LogP contribution in [0.15, 0.2) is 23.1 Å². The maximum absolute atomic E-state index is 12.3. The Bertz CT molecular complexity index is 514. The molecule has 0 amide bonds. The van der Waals surface area contributed by atoms with Crippen LogP contribution in [0.4, 0.5) is 26.3 Å². The van der Waals surface area contributed by atoms with Crippen LogP contribution < -0.4 is 4.74 Å². The lowest BCUT2D eigenvalue weighted by Gasteiger charge is -2.15. The predicted octanol–water partition coefficient (Wildman–Crippen LogP) is 4.70. The molecule has 0 fully saturated rings. The van der Waals surface area contributed by atoms with E-state index in [0.29, 0.717) is 0 Å². The van der Waals surface area contributed by atoms with Gasteiger partial charge in [-0.15, -0.1) is 13.2 Å². The van der Waals surface area contributed by atoms with Crippen molar-refractivity contribution in [1.29, 1.82) is 0 Å². The molecular formula is C11H7BrF6O2S. The number of hydrogen-bond acceptors (Lipinski definition) is 3. The molecule has 0 unspecified atom stereocenters. The van der Waals surface area contributed by atoms with E-state index >= 15 is 0 Å². The van der Waals surface area contributed by atoms with Gasteiger partial charge in [-0.2, -0.15) is 13.2 Å². The fourth-order valence-electron chi connectivity index (χ4n) is 1.35. The van der Waals surface area contributed by atoms with E-state index in [4.69, 9.17) is 0 Å². The first-order valence-corrected chi connectivity index (χ1v) is 7.16. The van der Waals surface area contributed by atoms with Gasteiger partial charge in [0, 0.05) is 6.42 Å². The molecule has 0 saturated heterocycles. The zero-order valence-corrected chi connectivity index (χ0v) is 12.4. The molecule has 0 heterocycles. The van der Waals surface area contributed by atoms with E-state index in [1.54, 1.807) is 0 Å². The maximum atomic E-state index is 12.3. The van der Waals surface area contributed by atoms with Crippen LogP contribution in [0, 0.1) is 0 Å². The van der Waals surface area contributed by atoms with Crippen LogP contribution in [0.25, 0.3) is 0 Å². The molecule has 21 heavy (non-hydrogen) atoms. The summed E-state index contributed by atoms with van der Waals surface area (Å²) in [6.45, 7) is 0. The number of carbonyl (C=O) groups excluding carboxylic acids is 1. The predicted molar refractivity (Wildman–Crippen MR) is 67.5 cm³/mol. The molecule has 0 N–H and O–H groups in total. The molecule has 1 aromatic rings. The second-order valence-electron chi connectivity index (χ2n) is 3.73. The number of halogens is 7. The highest BCUT2D eigenvalue weighted by Gasteiger charge is 2.35. The number of Topliss-reactive ketones (excluding diaryl/α,β-unsaturated/α-hetero) is 1. The Labute approximate surface area is 128 Å². The summed E-state index contributed by atoms with van der Waals surface area (Å²) in [6, 6.07) is 2.77. The third kappa shape index (κ3) is 7.07. The number of benzene rings is 1. The fourth-order valence-corrected chi connectivity index (χ4v) is 2.14. The van der Waals surface area contributed by atoms with Crippen molar-refractivity contribution in [2.45, 2.75) is 23.2 Å². The first-order valence-electron chi connectivity index (χ1n) is 5.22. The highest BCUT2D eigenvalue weighted by Crippen LogP contribution is 2.43. The second-order valence-corrected chi connectivity index (χ2v) is 5.39. The normalized spacial score (nSPS) is 12.3. The summed E-state index contributed by atoms with van der Waals surface area (Å²) >= 11 is 2.16.